The van der Waals surface area contributed by atoms with Crippen molar-refractivity contribution in [1.29, 1.82) is 0 Å². The maximum Gasteiger partial charge on any atom is 0.352 e. The monoisotopic (exact) mass is 323 g/mol. The van der Waals surface area contributed by atoms with Gasteiger partial charge in [0.2, 0.25) is 5.91 Å². The van der Waals surface area contributed by atoms with Crippen molar-refractivity contribution in [3.8, 4) is 0 Å². The molecule has 2 rings (SSSR count). The second-order valence-electron chi connectivity index (χ2n) is 3.74. The highest BCUT2D eigenvalue weighted by Gasteiger charge is 2.11. The van der Waals surface area contributed by atoms with Crippen LogP contribution in [-0.2, 0) is 11.3 Å². The van der Waals surface area contributed by atoms with E-state index in [1.807, 2.05) is 0 Å². The van der Waals surface area contributed by atoms with Gasteiger partial charge in [-0.1, -0.05) is 0 Å². The van der Waals surface area contributed by atoms with E-state index in [9.17, 15) is 9.59 Å². The van der Waals surface area contributed by atoms with Crippen LogP contribution < -0.4 is 5.32 Å². The number of carboxylic acids is 1. The molecule has 2 aromatic rings. The minimum Gasteiger partial charge on any atom is -0.477 e. The van der Waals surface area contributed by atoms with Gasteiger partial charge in [0.25, 0.3) is 0 Å². The fraction of sp³-hybridized carbons (Fsp3) is 0.0833. The van der Waals surface area contributed by atoms with Crippen molar-refractivity contribution >= 4 is 33.6 Å². The number of pyridine rings is 1. The molecule has 0 fully saturated rings. The Labute approximate surface area is 117 Å². The molecule has 0 aliphatic heterocycles. The summed E-state index contributed by atoms with van der Waals surface area (Å²) in [6.07, 6.45) is 3.10. The Hall–Kier alpha value is -2.15. The number of aromatic carboxylic acids is 1. The van der Waals surface area contributed by atoms with E-state index >= 15 is 0 Å². The lowest BCUT2D eigenvalue weighted by Crippen LogP contribution is -2.21. The zero-order valence-corrected chi connectivity index (χ0v) is 11.3. The maximum atomic E-state index is 11.8. The molecule has 0 aliphatic carbocycles. The van der Waals surface area contributed by atoms with Crippen LogP contribution in [0.2, 0.25) is 0 Å². The van der Waals surface area contributed by atoms with Gasteiger partial charge in [-0.05, 0) is 40.2 Å². The molecule has 1 amide bonds. The molecule has 2 aromatic heterocycles. The van der Waals surface area contributed by atoms with Gasteiger partial charge in [-0.15, -0.1) is 0 Å². The van der Waals surface area contributed by atoms with Crippen LogP contribution in [0.5, 0.6) is 0 Å². The predicted molar refractivity (Wildman–Crippen MR) is 72.0 cm³/mol. The van der Waals surface area contributed by atoms with Crippen molar-refractivity contribution < 1.29 is 14.7 Å². The SMILES string of the molecule is O=C(Cn1cccc1C(=O)O)Nc1ccc(Br)cn1. The zero-order valence-electron chi connectivity index (χ0n) is 9.71. The molecule has 0 aliphatic rings. The average Bonchev–Trinajstić information content (AvgIpc) is 2.80. The van der Waals surface area contributed by atoms with Crippen LogP contribution in [-0.4, -0.2) is 26.5 Å². The van der Waals surface area contributed by atoms with Crippen LogP contribution in [0.1, 0.15) is 10.5 Å². The van der Waals surface area contributed by atoms with Gasteiger partial charge in [-0.25, -0.2) is 9.78 Å². The summed E-state index contributed by atoms with van der Waals surface area (Å²) in [6, 6.07) is 6.42. The standard InChI is InChI=1S/C12H10BrN3O3/c13-8-3-4-10(14-6-8)15-11(17)7-16-5-1-2-9(16)12(18)19/h1-6H,7H2,(H,18,19)(H,14,15,17). The summed E-state index contributed by atoms with van der Waals surface area (Å²) in [6.45, 7) is -0.0770. The normalized spacial score (nSPS) is 10.2. The molecule has 0 radical (unpaired) electrons. The first-order valence-electron chi connectivity index (χ1n) is 5.36. The number of nitrogens with zero attached hydrogens (tertiary/aromatic N) is 2. The van der Waals surface area contributed by atoms with E-state index in [1.54, 1.807) is 24.4 Å². The van der Waals surface area contributed by atoms with E-state index in [0.29, 0.717) is 5.82 Å². The molecule has 2 N–H and O–H groups in total. The van der Waals surface area contributed by atoms with E-state index in [0.717, 1.165) is 4.47 Å². The topological polar surface area (TPSA) is 84.2 Å². The number of carbonyl (C=O) groups is 2. The minimum absolute atomic E-state index is 0.0684. The third-order valence-electron chi connectivity index (χ3n) is 2.36. The Morgan fingerprint density at radius 1 is 1.37 bits per heavy atom. The van der Waals surface area contributed by atoms with E-state index < -0.39 is 5.97 Å². The van der Waals surface area contributed by atoms with Crippen molar-refractivity contribution in [2.45, 2.75) is 6.54 Å². The first kappa shape index (κ1) is 13.3. The van der Waals surface area contributed by atoms with Crippen molar-refractivity contribution in [3.05, 3.63) is 46.8 Å². The Morgan fingerprint density at radius 3 is 2.79 bits per heavy atom. The number of aromatic nitrogens is 2. The van der Waals surface area contributed by atoms with Crippen molar-refractivity contribution in [2.75, 3.05) is 5.32 Å². The van der Waals surface area contributed by atoms with Gasteiger partial charge in [0.15, 0.2) is 0 Å². The number of rotatable bonds is 4. The highest BCUT2D eigenvalue weighted by Crippen LogP contribution is 2.10. The summed E-state index contributed by atoms with van der Waals surface area (Å²) in [7, 11) is 0. The molecular formula is C12H10BrN3O3. The third kappa shape index (κ3) is 3.41. The summed E-state index contributed by atoms with van der Waals surface area (Å²) in [5.74, 6) is -0.995. The second kappa shape index (κ2) is 5.66. The lowest BCUT2D eigenvalue weighted by atomic mass is 10.4. The number of halogens is 1. The first-order chi connectivity index (χ1) is 9.06. The Morgan fingerprint density at radius 2 is 2.16 bits per heavy atom. The van der Waals surface area contributed by atoms with Gasteiger partial charge in [-0.3, -0.25) is 4.79 Å². The molecule has 0 saturated heterocycles. The third-order valence-corrected chi connectivity index (χ3v) is 2.83. The summed E-state index contributed by atoms with van der Waals surface area (Å²) < 4.78 is 2.17. The lowest BCUT2D eigenvalue weighted by molar-refractivity contribution is -0.116. The second-order valence-corrected chi connectivity index (χ2v) is 4.65. The number of hydrogen-bond donors (Lipinski definition) is 2. The number of anilines is 1. The molecule has 2 heterocycles. The highest BCUT2D eigenvalue weighted by atomic mass is 79.9. The van der Waals surface area contributed by atoms with E-state index in [1.165, 1.54) is 16.8 Å². The summed E-state index contributed by atoms with van der Waals surface area (Å²) in [5.41, 5.74) is 0.0684. The van der Waals surface area contributed by atoms with Crippen LogP contribution in [0.4, 0.5) is 5.82 Å². The smallest absolute Gasteiger partial charge is 0.352 e. The molecule has 0 atom stereocenters. The van der Waals surface area contributed by atoms with Gasteiger partial charge in [0.1, 0.15) is 18.1 Å². The van der Waals surface area contributed by atoms with Crippen LogP contribution in [0.15, 0.2) is 41.1 Å². The molecular weight excluding hydrogens is 314 g/mol. The zero-order chi connectivity index (χ0) is 13.8. The van der Waals surface area contributed by atoms with E-state index in [2.05, 4.69) is 26.2 Å². The van der Waals surface area contributed by atoms with Gasteiger partial charge >= 0.3 is 5.97 Å². The number of carbonyl (C=O) groups excluding carboxylic acids is 1. The van der Waals surface area contributed by atoms with Gasteiger partial charge < -0.3 is 15.0 Å². The number of hydrogen-bond acceptors (Lipinski definition) is 3. The molecule has 6 nitrogen and oxygen atoms in total. The fourth-order valence-corrected chi connectivity index (χ4v) is 1.77. The molecule has 7 heteroatoms. The Kier molecular flexibility index (Phi) is 3.96. The van der Waals surface area contributed by atoms with E-state index in [4.69, 9.17) is 5.11 Å². The molecule has 0 aromatic carbocycles. The predicted octanol–water partition coefficient (Wildman–Crippen LogP) is 1.98. The van der Waals surface area contributed by atoms with Crippen LogP contribution in [0, 0.1) is 0 Å². The largest absolute Gasteiger partial charge is 0.477 e. The number of nitrogens with one attached hydrogen (secondary N) is 1. The summed E-state index contributed by atoms with van der Waals surface area (Å²) in [5, 5.41) is 11.5. The highest BCUT2D eigenvalue weighted by molar-refractivity contribution is 9.10. The van der Waals surface area contributed by atoms with Crippen molar-refractivity contribution in [3.63, 3.8) is 0 Å². The van der Waals surface area contributed by atoms with Crippen LogP contribution in [0.3, 0.4) is 0 Å². The number of amides is 1. The van der Waals surface area contributed by atoms with Crippen molar-refractivity contribution in [2.24, 2.45) is 0 Å². The fourth-order valence-electron chi connectivity index (χ4n) is 1.53. The molecule has 0 spiro atoms. The molecule has 19 heavy (non-hydrogen) atoms. The van der Waals surface area contributed by atoms with E-state index in [-0.39, 0.29) is 18.1 Å². The first-order valence-corrected chi connectivity index (χ1v) is 6.15. The van der Waals surface area contributed by atoms with Crippen LogP contribution in [0.25, 0.3) is 0 Å². The molecule has 0 saturated carbocycles. The van der Waals surface area contributed by atoms with Crippen LogP contribution >= 0.6 is 15.9 Å². The minimum atomic E-state index is -1.07. The molecule has 0 unspecified atom stereocenters. The summed E-state index contributed by atoms with van der Waals surface area (Å²) in [4.78, 5) is 26.7. The van der Waals surface area contributed by atoms with Crippen molar-refractivity contribution in [1.82, 2.24) is 9.55 Å². The Bertz CT molecular complexity index is 607. The molecule has 0 bridgehead atoms. The maximum absolute atomic E-state index is 11.8. The average molecular weight is 324 g/mol. The van der Waals surface area contributed by atoms with Gasteiger partial charge in [0.05, 0.1) is 0 Å². The summed E-state index contributed by atoms with van der Waals surface area (Å²) >= 11 is 3.24. The lowest BCUT2D eigenvalue weighted by Gasteiger charge is -2.07. The van der Waals surface area contributed by atoms with Gasteiger partial charge in [0, 0.05) is 16.9 Å². The Balaban J connectivity index is 2.03. The number of carboxylic acid groups (broad SMARTS) is 1. The van der Waals surface area contributed by atoms with Gasteiger partial charge in [-0.2, -0.15) is 0 Å². The molecule has 98 valence electrons. The quantitative estimate of drug-likeness (QED) is 0.901.